The van der Waals surface area contributed by atoms with Gasteiger partial charge in [0.05, 0.1) is 5.60 Å². The number of amides is 2. The summed E-state index contributed by atoms with van der Waals surface area (Å²) in [5, 5.41) is 15.2. The van der Waals surface area contributed by atoms with Gasteiger partial charge in [0.15, 0.2) is 0 Å². The smallest absolute Gasteiger partial charge is 0.317 e. The number of nitrogens with one attached hydrogen (secondary N) is 1. The fourth-order valence-electron chi connectivity index (χ4n) is 5.85. The number of likely N-dealkylation sites (tertiary alicyclic amines) is 1. The summed E-state index contributed by atoms with van der Waals surface area (Å²) in [6.07, 6.45) is 4.01. The van der Waals surface area contributed by atoms with Gasteiger partial charge < -0.3 is 26.0 Å². The number of carbonyl (C=O) groups excluding carboxylic acids is 1. The van der Waals surface area contributed by atoms with Crippen molar-refractivity contribution in [2.75, 3.05) is 46.3 Å². The number of hydrogen-bond acceptors (Lipinski definition) is 4. The Kier molecular flexibility index (Phi) is 10.6. The van der Waals surface area contributed by atoms with Crippen molar-refractivity contribution in [3.63, 3.8) is 0 Å². The molecule has 214 valence electrons. The average Bonchev–Trinajstić information content (AvgIpc) is 2.99. The summed E-state index contributed by atoms with van der Waals surface area (Å²) < 4.78 is 0. The molecule has 0 atom stereocenters. The van der Waals surface area contributed by atoms with Gasteiger partial charge in [-0.05, 0) is 74.0 Å². The van der Waals surface area contributed by atoms with Crippen LogP contribution in [-0.2, 0) is 11.0 Å². The Balaban J connectivity index is 1.47. The number of benzene rings is 3. The van der Waals surface area contributed by atoms with Gasteiger partial charge in [-0.1, -0.05) is 84.4 Å². The van der Waals surface area contributed by atoms with Gasteiger partial charge in [0.2, 0.25) is 0 Å². The molecule has 1 saturated heterocycles. The van der Waals surface area contributed by atoms with Crippen LogP contribution in [0.3, 0.4) is 0 Å². The molecular formula is C33H43ClN4O2. The average molecular weight is 563 g/mol. The highest BCUT2D eigenvalue weighted by Gasteiger charge is 2.36. The van der Waals surface area contributed by atoms with Gasteiger partial charge in [-0.2, -0.15) is 0 Å². The topological polar surface area (TPSA) is 81.8 Å². The van der Waals surface area contributed by atoms with Crippen LogP contribution in [0.4, 0.5) is 4.79 Å². The molecule has 1 heterocycles. The maximum Gasteiger partial charge on any atom is 0.317 e. The van der Waals surface area contributed by atoms with Crippen LogP contribution in [0.1, 0.15) is 48.8 Å². The van der Waals surface area contributed by atoms with Crippen LogP contribution in [0.25, 0.3) is 0 Å². The number of hydrogen-bond donors (Lipinski definition) is 3. The van der Waals surface area contributed by atoms with E-state index in [1.165, 1.54) is 11.1 Å². The third-order valence-electron chi connectivity index (χ3n) is 8.38. The molecule has 7 heteroatoms. The van der Waals surface area contributed by atoms with E-state index in [-0.39, 0.29) is 11.4 Å². The van der Waals surface area contributed by atoms with Crippen molar-refractivity contribution in [3.05, 3.63) is 107 Å². The third kappa shape index (κ3) is 7.43. The molecule has 4 rings (SSSR count). The lowest BCUT2D eigenvalue weighted by Gasteiger charge is -2.40. The summed E-state index contributed by atoms with van der Waals surface area (Å²) >= 11 is 6.06. The maximum atomic E-state index is 13.0. The van der Waals surface area contributed by atoms with Crippen LogP contribution in [0.5, 0.6) is 0 Å². The number of rotatable bonds is 12. The number of aliphatic hydroxyl groups is 1. The van der Waals surface area contributed by atoms with Crippen LogP contribution in [-0.4, -0.2) is 67.3 Å². The first-order valence-corrected chi connectivity index (χ1v) is 14.7. The quantitative estimate of drug-likeness (QED) is 0.277. The van der Waals surface area contributed by atoms with Crippen molar-refractivity contribution in [1.29, 1.82) is 0 Å². The van der Waals surface area contributed by atoms with E-state index in [0.29, 0.717) is 37.5 Å². The molecule has 1 fully saturated rings. The summed E-state index contributed by atoms with van der Waals surface area (Å²) in [7, 11) is 1.82. The summed E-state index contributed by atoms with van der Waals surface area (Å²) in [6, 6.07) is 28.5. The lowest BCUT2D eigenvalue weighted by Crippen LogP contribution is -2.47. The first kappa shape index (κ1) is 30.1. The Morgan fingerprint density at radius 2 is 1.55 bits per heavy atom. The fraction of sp³-hybridized carbons (Fsp3) is 0.424. The molecule has 0 aromatic heterocycles. The molecule has 40 heavy (non-hydrogen) atoms. The van der Waals surface area contributed by atoms with Crippen LogP contribution < -0.4 is 11.1 Å². The minimum absolute atomic E-state index is 0.0813. The lowest BCUT2D eigenvalue weighted by atomic mass is 9.71. The number of nitrogens with zero attached hydrogens (tertiary/aromatic N) is 2. The van der Waals surface area contributed by atoms with Crippen LogP contribution in [0.15, 0.2) is 84.9 Å². The first-order valence-electron chi connectivity index (χ1n) is 14.4. The van der Waals surface area contributed by atoms with Crippen LogP contribution >= 0.6 is 11.6 Å². The second kappa shape index (κ2) is 14.1. The molecule has 0 saturated carbocycles. The highest BCUT2D eigenvalue weighted by molar-refractivity contribution is 6.30. The van der Waals surface area contributed by atoms with Gasteiger partial charge in [-0.3, -0.25) is 0 Å². The van der Waals surface area contributed by atoms with E-state index in [0.717, 1.165) is 44.5 Å². The van der Waals surface area contributed by atoms with Crippen molar-refractivity contribution in [2.24, 2.45) is 5.73 Å². The molecule has 0 spiro atoms. The van der Waals surface area contributed by atoms with E-state index in [1.54, 1.807) is 4.90 Å². The van der Waals surface area contributed by atoms with Crippen LogP contribution in [0.2, 0.25) is 5.02 Å². The van der Waals surface area contributed by atoms with E-state index in [1.807, 2.05) is 43.4 Å². The summed E-state index contributed by atoms with van der Waals surface area (Å²) in [6.45, 7) is 4.30. The Morgan fingerprint density at radius 1 is 0.975 bits per heavy atom. The molecule has 3 aromatic rings. The largest absolute Gasteiger partial charge is 0.385 e. The highest BCUT2D eigenvalue weighted by atomic mass is 35.5. The van der Waals surface area contributed by atoms with E-state index in [4.69, 9.17) is 17.3 Å². The van der Waals surface area contributed by atoms with Gasteiger partial charge in [0, 0.05) is 43.7 Å². The SMILES string of the molecule is CN(CCCN)C(=O)NCC(CCCN1CCC(O)(c2ccc(Cl)cc2)CC1)(c1ccccc1)c1ccccc1. The standard InChI is InChI=1S/C33H43ClN4O2/c1-37(22-9-21-35)31(39)36-26-32(27-10-4-2-5-11-27,28-12-6-3-7-13-28)18-8-23-38-24-19-33(40,20-25-38)29-14-16-30(34)17-15-29/h2-7,10-17,40H,8-9,18-26,35H2,1H3,(H,36,39). The van der Waals surface area contributed by atoms with Crippen molar-refractivity contribution in [2.45, 2.75) is 43.1 Å². The Hall–Kier alpha value is -2.90. The Labute approximate surface area is 244 Å². The zero-order chi connectivity index (χ0) is 28.4. The lowest BCUT2D eigenvalue weighted by molar-refractivity contribution is -0.0262. The predicted octanol–water partition coefficient (Wildman–Crippen LogP) is 5.38. The summed E-state index contributed by atoms with van der Waals surface area (Å²) in [5.74, 6) is 0. The first-order chi connectivity index (χ1) is 19.4. The summed E-state index contributed by atoms with van der Waals surface area (Å²) in [4.78, 5) is 17.2. The summed E-state index contributed by atoms with van der Waals surface area (Å²) in [5.41, 5.74) is 7.82. The molecule has 1 aliphatic rings. The minimum Gasteiger partial charge on any atom is -0.385 e. The van der Waals surface area contributed by atoms with E-state index in [9.17, 15) is 9.90 Å². The van der Waals surface area contributed by atoms with E-state index in [2.05, 4.69) is 58.7 Å². The fourth-order valence-corrected chi connectivity index (χ4v) is 5.98. The molecule has 2 amide bonds. The number of piperidine rings is 1. The molecule has 1 aliphatic heterocycles. The number of urea groups is 1. The Bertz CT molecular complexity index is 1140. The van der Waals surface area contributed by atoms with Crippen molar-refractivity contribution >= 4 is 17.6 Å². The molecule has 0 radical (unpaired) electrons. The molecule has 0 aliphatic carbocycles. The minimum atomic E-state index is -0.806. The van der Waals surface area contributed by atoms with E-state index < -0.39 is 5.60 Å². The van der Waals surface area contributed by atoms with E-state index >= 15 is 0 Å². The van der Waals surface area contributed by atoms with Crippen LogP contribution in [0, 0.1) is 0 Å². The number of nitrogens with two attached hydrogens (primary N) is 1. The molecule has 0 unspecified atom stereocenters. The van der Waals surface area contributed by atoms with Crippen molar-refractivity contribution in [1.82, 2.24) is 15.1 Å². The van der Waals surface area contributed by atoms with Crippen molar-refractivity contribution < 1.29 is 9.90 Å². The van der Waals surface area contributed by atoms with Gasteiger partial charge in [-0.15, -0.1) is 0 Å². The number of halogens is 1. The maximum absolute atomic E-state index is 13.0. The molecule has 6 nitrogen and oxygen atoms in total. The zero-order valence-corrected chi connectivity index (χ0v) is 24.3. The molecule has 0 bridgehead atoms. The second-order valence-electron chi connectivity index (χ2n) is 11.0. The highest BCUT2D eigenvalue weighted by Crippen LogP contribution is 2.38. The van der Waals surface area contributed by atoms with Gasteiger partial charge in [0.1, 0.15) is 0 Å². The molecule has 3 aromatic carbocycles. The van der Waals surface area contributed by atoms with Crippen molar-refractivity contribution in [3.8, 4) is 0 Å². The predicted molar refractivity (Wildman–Crippen MR) is 164 cm³/mol. The third-order valence-corrected chi connectivity index (χ3v) is 8.63. The molecular weight excluding hydrogens is 520 g/mol. The normalized spacial score (nSPS) is 15.5. The van der Waals surface area contributed by atoms with Gasteiger partial charge in [0.25, 0.3) is 0 Å². The van der Waals surface area contributed by atoms with Gasteiger partial charge >= 0.3 is 6.03 Å². The zero-order valence-electron chi connectivity index (χ0n) is 23.6. The van der Waals surface area contributed by atoms with Gasteiger partial charge in [-0.25, -0.2) is 4.79 Å². The molecule has 4 N–H and O–H groups in total. The number of carbonyl (C=O) groups is 1. The second-order valence-corrected chi connectivity index (χ2v) is 11.5. The monoisotopic (exact) mass is 562 g/mol. The Morgan fingerprint density at radius 3 is 2.10 bits per heavy atom.